The van der Waals surface area contributed by atoms with Gasteiger partial charge in [0.25, 0.3) is 0 Å². The maximum atomic E-state index is 2.50. The molecule has 4 heteroatoms. The van der Waals surface area contributed by atoms with Gasteiger partial charge in [-0.05, 0) is 37.8 Å². The van der Waals surface area contributed by atoms with Crippen LogP contribution in [0.25, 0.3) is 39.0 Å². The van der Waals surface area contributed by atoms with Gasteiger partial charge in [0.2, 0.25) is 0 Å². The zero-order valence-corrected chi connectivity index (χ0v) is 24.1. The van der Waals surface area contributed by atoms with E-state index in [9.17, 15) is 0 Å². The first-order valence-electron chi connectivity index (χ1n) is 13.6. The van der Waals surface area contributed by atoms with Crippen molar-refractivity contribution in [1.82, 2.24) is 0 Å². The minimum absolute atomic E-state index is 1.26. The van der Waals surface area contributed by atoms with Crippen LogP contribution in [0.2, 0.25) is 0 Å². The highest BCUT2D eigenvalue weighted by atomic mass is 32.1. The molecule has 1 aromatic carbocycles. The lowest BCUT2D eigenvalue weighted by atomic mass is 10.1. The first kappa shape index (κ1) is 24.7. The standard InChI is InChI=1S/C30H38S4/c1-3-5-7-9-11-13-15-21-19-25-27(31-21)23-17-18-24-28-26(34-30(24)29(23)33-25)20-22(32-28)16-14-12-10-8-6-4-2/h17-20H,3-16H2,1-2H3. The Morgan fingerprint density at radius 2 is 0.882 bits per heavy atom. The average Bonchev–Trinajstić information content (AvgIpc) is 3.57. The third kappa shape index (κ3) is 5.40. The predicted octanol–water partition coefficient (Wildman–Crippen LogP) is 12.4. The lowest BCUT2D eigenvalue weighted by molar-refractivity contribution is 0.609. The van der Waals surface area contributed by atoms with Crippen LogP contribution in [0.3, 0.4) is 0 Å². The van der Waals surface area contributed by atoms with Crippen molar-refractivity contribution in [2.24, 2.45) is 0 Å². The summed E-state index contributed by atoms with van der Waals surface area (Å²) in [5.41, 5.74) is 0. The van der Waals surface area contributed by atoms with Crippen LogP contribution in [0.4, 0.5) is 0 Å². The molecule has 34 heavy (non-hydrogen) atoms. The van der Waals surface area contributed by atoms with Gasteiger partial charge in [-0.25, -0.2) is 0 Å². The van der Waals surface area contributed by atoms with Crippen molar-refractivity contribution in [2.75, 3.05) is 0 Å². The molecule has 0 nitrogen and oxygen atoms in total. The van der Waals surface area contributed by atoms with E-state index in [0.717, 1.165) is 0 Å². The molecule has 0 atom stereocenters. The molecule has 0 fully saturated rings. The van der Waals surface area contributed by atoms with E-state index >= 15 is 0 Å². The highest BCUT2D eigenvalue weighted by Gasteiger charge is 2.16. The topological polar surface area (TPSA) is 0 Å². The minimum Gasteiger partial charge on any atom is -0.139 e. The first-order chi connectivity index (χ1) is 16.8. The number of aryl methyl sites for hydroxylation is 2. The van der Waals surface area contributed by atoms with Gasteiger partial charge in [-0.1, -0.05) is 90.2 Å². The average molecular weight is 527 g/mol. The van der Waals surface area contributed by atoms with E-state index in [1.807, 2.05) is 22.7 Å². The van der Waals surface area contributed by atoms with Crippen molar-refractivity contribution in [3.8, 4) is 0 Å². The number of unbranched alkanes of at least 4 members (excludes halogenated alkanes) is 10. The predicted molar refractivity (Wildman–Crippen MR) is 162 cm³/mol. The van der Waals surface area contributed by atoms with Gasteiger partial charge in [-0.3, -0.25) is 0 Å². The summed E-state index contributed by atoms with van der Waals surface area (Å²) in [5.74, 6) is 0. The molecule has 4 heterocycles. The SMILES string of the molecule is CCCCCCCCc1cc2sc3c(ccc4c5sc(CCCCCCCC)cc5sc43)c2s1. The Morgan fingerprint density at radius 3 is 1.32 bits per heavy atom. The minimum atomic E-state index is 1.26. The van der Waals surface area contributed by atoms with Crippen molar-refractivity contribution in [3.05, 3.63) is 34.0 Å². The quantitative estimate of drug-likeness (QED) is 0.126. The zero-order chi connectivity index (χ0) is 23.3. The van der Waals surface area contributed by atoms with E-state index in [1.54, 1.807) is 9.75 Å². The summed E-state index contributed by atoms with van der Waals surface area (Å²) in [6.45, 7) is 4.59. The molecular weight excluding hydrogens is 489 g/mol. The molecule has 0 spiro atoms. The number of hydrogen-bond acceptors (Lipinski definition) is 4. The smallest absolute Gasteiger partial charge is 0.0542 e. The van der Waals surface area contributed by atoms with Crippen LogP contribution in [0.15, 0.2) is 24.3 Å². The second-order valence-corrected chi connectivity index (χ2v) is 14.2. The Morgan fingerprint density at radius 1 is 0.471 bits per heavy atom. The first-order valence-corrected chi connectivity index (χ1v) is 16.8. The summed E-state index contributed by atoms with van der Waals surface area (Å²) in [6, 6.07) is 9.83. The fraction of sp³-hybridized carbons (Fsp3) is 0.533. The van der Waals surface area contributed by atoms with E-state index in [1.165, 1.54) is 129 Å². The monoisotopic (exact) mass is 526 g/mol. The number of thiophene rings is 4. The fourth-order valence-corrected chi connectivity index (χ4v) is 10.6. The molecule has 0 saturated carbocycles. The third-order valence-corrected chi connectivity index (χ3v) is 12.3. The molecule has 5 rings (SSSR count). The van der Waals surface area contributed by atoms with Gasteiger partial charge in [0, 0.05) is 29.9 Å². The molecule has 5 aromatic rings. The molecule has 0 bridgehead atoms. The van der Waals surface area contributed by atoms with Gasteiger partial charge in [0.1, 0.15) is 0 Å². The van der Waals surface area contributed by atoms with Gasteiger partial charge in [-0.2, -0.15) is 0 Å². The normalized spacial score (nSPS) is 12.3. The number of benzene rings is 1. The Balaban J connectivity index is 1.28. The van der Waals surface area contributed by atoms with Crippen LogP contribution < -0.4 is 0 Å². The molecular formula is C30H38S4. The van der Waals surface area contributed by atoms with Crippen LogP contribution in [0, 0.1) is 0 Å². The molecule has 0 amide bonds. The van der Waals surface area contributed by atoms with Gasteiger partial charge in [-0.15, -0.1) is 45.3 Å². The molecule has 0 aliphatic heterocycles. The molecule has 0 radical (unpaired) electrons. The molecule has 4 aromatic heterocycles. The van der Waals surface area contributed by atoms with Crippen molar-refractivity contribution >= 4 is 84.3 Å². The van der Waals surface area contributed by atoms with Crippen molar-refractivity contribution in [3.63, 3.8) is 0 Å². The van der Waals surface area contributed by atoms with Gasteiger partial charge in [0.15, 0.2) is 0 Å². The summed E-state index contributed by atoms with van der Waals surface area (Å²) >= 11 is 8.18. The van der Waals surface area contributed by atoms with Gasteiger partial charge >= 0.3 is 0 Å². The Labute approximate surface area is 221 Å². The van der Waals surface area contributed by atoms with E-state index in [2.05, 4.69) is 60.8 Å². The zero-order valence-electron chi connectivity index (χ0n) is 20.8. The lowest BCUT2D eigenvalue weighted by Crippen LogP contribution is -1.82. The van der Waals surface area contributed by atoms with E-state index in [-0.39, 0.29) is 0 Å². The highest BCUT2D eigenvalue weighted by Crippen LogP contribution is 2.48. The van der Waals surface area contributed by atoms with E-state index in [4.69, 9.17) is 0 Å². The molecule has 0 N–H and O–H groups in total. The molecule has 0 aliphatic carbocycles. The van der Waals surface area contributed by atoms with Crippen molar-refractivity contribution < 1.29 is 0 Å². The second kappa shape index (κ2) is 11.9. The van der Waals surface area contributed by atoms with Crippen LogP contribution >= 0.6 is 45.3 Å². The summed E-state index contributed by atoms with van der Waals surface area (Å²) in [5, 5.41) is 2.99. The maximum absolute atomic E-state index is 2.50. The van der Waals surface area contributed by atoms with Crippen LogP contribution in [-0.2, 0) is 12.8 Å². The van der Waals surface area contributed by atoms with Crippen LogP contribution in [-0.4, -0.2) is 0 Å². The van der Waals surface area contributed by atoms with Gasteiger partial charge < -0.3 is 0 Å². The summed E-state index contributed by atoms with van der Waals surface area (Å²) in [4.78, 5) is 3.18. The van der Waals surface area contributed by atoms with Gasteiger partial charge in [0.05, 0.1) is 18.8 Å². The summed E-state index contributed by atoms with van der Waals surface area (Å²) < 4.78 is 9.13. The summed E-state index contributed by atoms with van der Waals surface area (Å²) in [6.07, 6.45) is 19.1. The Bertz CT molecular complexity index is 1240. The van der Waals surface area contributed by atoms with E-state index in [0.29, 0.717) is 0 Å². The fourth-order valence-electron chi connectivity index (χ4n) is 5.12. The second-order valence-electron chi connectivity index (χ2n) is 9.87. The van der Waals surface area contributed by atoms with Crippen LogP contribution in [0.5, 0.6) is 0 Å². The molecule has 0 unspecified atom stereocenters. The third-order valence-electron chi connectivity index (χ3n) is 7.08. The highest BCUT2D eigenvalue weighted by molar-refractivity contribution is 7.38. The van der Waals surface area contributed by atoms with Crippen molar-refractivity contribution in [1.29, 1.82) is 0 Å². The number of hydrogen-bond donors (Lipinski definition) is 0. The Kier molecular flexibility index (Phi) is 8.63. The largest absolute Gasteiger partial charge is 0.139 e. The number of rotatable bonds is 14. The molecule has 0 aliphatic rings. The molecule has 0 saturated heterocycles. The summed E-state index contributed by atoms with van der Waals surface area (Å²) in [7, 11) is 0. The Hall–Kier alpha value is -0.940. The lowest BCUT2D eigenvalue weighted by Gasteiger charge is -1.99. The molecule has 182 valence electrons. The van der Waals surface area contributed by atoms with E-state index < -0.39 is 0 Å². The maximum Gasteiger partial charge on any atom is 0.0542 e. The number of fused-ring (bicyclic) bond motifs is 7. The van der Waals surface area contributed by atoms with Crippen molar-refractivity contribution in [2.45, 2.75) is 104 Å². The van der Waals surface area contributed by atoms with Crippen LogP contribution in [0.1, 0.15) is 101 Å².